The summed E-state index contributed by atoms with van der Waals surface area (Å²) in [5, 5.41) is 2.78. The summed E-state index contributed by atoms with van der Waals surface area (Å²) in [6, 6.07) is 18.0. The first-order valence-corrected chi connectivity index (χ1v) is 11.7. The van der Waals surface area contributed by atoms with E-state index in [0.29, 0.717) is 29.8 Å². The van der Waals surface area contributed by atoms with Crippen LogP contribution in [0.15, 0.2) is 71.6 Å². The fourth-order valence-corrected chi connectivity index (χ4v) is 5.42. The Bertz CT molecular complexity index is 1240. The first kappa shape index (κ1) is 21.8. The van der Waals surface area contributed by atoms with E-state index in [-0.39, 0.29) is 11.4 Å². The molecule has 1 N–H and O–H groups in total. The van der Waals surface area contributed by atoms with E-state index < -0.39 is 21.7 Å². The van der Waals surface area contributed by atoms with E-state index >= 15 is 0 Å². The third-order valence-corrected chi connectivity index (χ3v) is 7.20. The van der Waals surface area contributed by atoms with Crippen LogP contribution in [0.5, 0.6) is 5.75 Å². The summed E-state index contributed by atoms with van der Waals surface area (Å²) in [4.78, 5) is 12.6. The average Bonchev–Trinajstić information content (AvgIpc) is 2.80. The van der Waals surface area contributed by atoms with Crippen molar-refractivity contribution < 1.29 is 22.3 Å². The highest BCUT2D eigenvalue weighted by Crippen LogP contribution is 2.42. The number of sulfonamides is 1. The van der Waals surface area contributed by atoms with Gasteiger partial charge >= 0.3 is 0 Å². The standard InChI is InChI=1S/C24H23FN2O4S/c1-31-19-11-8-17(9-12-19)5-4-14-26-24(28)16-27-22-13-10-18(25)15-21(22)20-6-2-3-7-23(20)32(27,29)30/h2-3,6-13,15H,4-5,14,16H2,1H3,(H,26,28). The predicted molar refractivity (Wildman–Crippen MR) is 121 cm³/mol. The molecule has 0 atom stereocenters. The lowest BCUT2D eigenvalue weighted by molar-refractivity contribution is -0.119. The van der Waals surface area contributed by atoms with Gasteiger partial charge in [0.15, 0.2) is 0 Å². The number of hydrogen-bond acceptors (Lipinski definition) is 4. The Morgan fingerprint density at radius 2 is 1.78 bits per heavy atom. The van der Waals surface area contributed by atoms with Gasteiger partial charge in [-0.25, -0.2) is 12.8 Å². The van der Waals surface area contributed by atoms with E-state index in [4.69, 9.17) is 4.74 Å². The van der Waals surface area contributed by atoms with Crippen LogP contribution in [-0.4, -0.2) is 34.5 Å². The molecule has 32 heavy (non-hydrogen) atoms. The Kier molecular flexibility index (Phi) is 6.14. The zero-order valence-electron chi connectivity index (χ0n) is 17.5. The quantitative estimate of drug-likeness (QED) is 0.552. The van der Waals surface area contributed by atoms with Crippen LogP contribution in [0.2, 0.25) is 0 Å². The zero-order valence-corrected chi connectivity index (χ0v) is 18.4. The predicted octanol–water partition coefficient (Wildman–Crippen LogP) is 3.76. The van der Waals surface area contributed by atoms with Crippen LogP contribution in [0.4, 0.5) is 10.1 Å². The first-order valence-electron chi connectivity index (χ1n) is 10.2. The molecule has 0 radical (unpaired) electrons. The minimum absolute atomic E-state index is 0.0606. The molecule has 0 bridgehead atoms. The number of nitrogens with zero attached hydrogens (tertiary/aromatic N) is 1. The SMILES string of the molecule is COc1ccc(CCCNC(=O)CN2c3ccc(F)cc3-c3ccccc3S2(=O)=O)cc1. The van der Waals surface area contributed by atoms with Crippen LogP contribution in [0.25, 0.3) is 11.1 Å². The van der Waals surface area contributed by atoms with Crippen LogP contribution in [-0.2, 0) is 21.2 Å². The summed E-state index contributed by atoms with van der Waals surface area (Å²) >= 11 is 0. The fourth-order valence-electron chi connectivity index (χ4n) is 3.77. The number of hydrogen-bond donors (Lipinski definition) is 1. The number of rotatable bonds is 7. The molecular formula is C24H23FN2O4S. The Morgan fingerprint density at radius 1 is 1.03 bits per heavy atom. The molecule has 3 aromatic carbocycles. The molecule has 166 valence electrons. The van der Waals surface area contributed by atoms with E-state index in [1.165, 1.54) is 24.3 Å². The van der Waals surface area contributed by atoms with Gasteiger partial charge in [0.1, 0.15) is 18.1 Å². The van der Waals surface area contributed by atoms with Gasteiger partial charge in [0.05, 0.1) is 17.7 Å². The highest BCUT2D eigenvalue weighted by molar-refractivity contribution is 7.93. The number of benzene rings is 3. The van der Waals surface area contributed by atoms with E-state index in [1.54, 1.807) is 25.3 Å². The Hall–Kier alpha value is -3.39. The van der Waals surface area contributed by atoms with Crippen LogP contribution in [0.3, 0.4) is 0 Å². The molecule has 6 nitrogen and oxygen atoms in total. The van der Waals surface area contributed by atoms with Crippen molar-refractivity contribution >= 4 is 21.6 Å². The average molecular weight is 455 g/mol. The molecular weight excluding hydrogens is 431 g/mol. The summed E-state index contributed by atoms with van der Waals surface area (Å²) in [5.41, 5.74) is 2.28. The third-order valence-electron chi connectivity index (χ3n) is 5.38. The number of nitrogens with one attached hydrogen (secondary N) is 1. The van der Waals surface area contributed by atoms with Crippen molar-refractivity contribution in [3.05, 3.63) is 78.1 Å². The minimum Gasteiger partial charge on any atom is -0.497 e. The van der Waals surface area contributed by atoms with Crippen molar-refractivity contribution in [1.82, 2.24) is 5.32 Å². The first-order chi connectivity index (χ1) is 15.4. The molecule has 1 aliphatic rings. The number of aryl methyl sites for hydroxylation is 1. The van der Waals surface area contributed by atoms with Gasteiger partial charge < -0.3 is 10.1 Å². The van der Waals surface area contributed by atoms with Gasteiger partial charge in [0.2, 0.25) is 5.91 Å². The van der Waals surface area contributed by atoms with Gasteiger partial charge in [-0.1, -0.05) is 30.3 Å². The molecule has 0 fully saturated rings. The van der Waals surface area contributed by atoms with Crippen molar-refractivity contribution in [3.63, 3.8) is 0 Å². The summed E-state index contributed by atoms with van der Waals surface area (Å²) < 4.78 is 46.5. The number of carbonyl (C=O) groups excluding carboxylic acids is 1. The van der Waals surface area contributed by atoms with Gasteiger partial charge in [-0.2, -0.15) is 0 Å². The molecule has 0 saturated heterocycles. The van der Waals surface area contributed by atoms with E-state index in [2.05, 4.69) is 5.32 Å². The number of fused-ring (bicyclic) bond motifs is 3. The largest absolute Gasteiger partial charge is 0.497 e. The Morgan fingerprint density at radius 3 is 2.53 bits per heavy atom. The molecule has 4 rings (SSSR count). The van der Waals surface area contributed by atoms with Crippen LogP contribution in [0, 0.1) is 5.82 Å². The maximum absolute atomic E-state index is 13.9. The molecule has 3 aromatic rings. The molecule has 1 heterocycles. The van der Waals surface area contributed by atoms with Gasteiger partial charge in [0, 0.05) is 17.7 Å². The second-order valence-electron chi connectivity index (χ2n) is 7.47. The highest BCUT2D eigenvalue weighted by Gasteiger charge is 2.35. The van der Waals surface area contributed by atoms with Crippen LogP contribution in [0.1, 0.15) is 12.0 Å². The van der Waals surface area contributed by atoms with Crippen molar-refractivity contribution in [2.45, 2.75) is 17.7 Å². The van der Waals surface area contributed by atoms with Crippen molar-refractivity contribution in [3.8, 4) is 16.9 Å². The smallest absolute Gasteiger partial charge is 0.265 e. The molecule has 0 aliphatic carbocycles. The molecule has 0 unspecified atom stereocenters. The summed E-state index contributed by atoms with van der Waals surface area (Å²) in [5.74, 6) is -0.106. The maximum atomic E-state index is 13.9. The summed E-state index contributed by atoms with van der Waals surface area (Å²) in [6.45, 7) is 0.0312. The lowest BCUT2D eigenvalue weighted by Crippen LogP contribution is -2.42. The lowest BCUT2D eigenvalue weighted by Gasteiger charge is -2.31. The van der Waals surface area contributed by atoms with Crippen molar-refractivity contribution in [2.24, 2.45) is 0 Å². The third kappa shape index (κ3) is 4.31. The second-order valence-corrected chi connectivity index (χ2v) is 9.30. The van der Waals surface area contributed by atoms with Gasteiger partial charge in [0.25, 0.3) is 10.0 Å². The van der Waals surface area contributed by atoms with E-state index in [0.717, 1.165) is 22.0 Å². The zero-order chi connectivity index (χ0) is 22.7. The molecule has 1 amide bonds. The number of anilines is 1. The topological polar surface area (TPSA) is 75.7 Å². The molecule has 0 spiro atoms. The summed E-state index contributed by atoms with van der Waals surface area (Å²) in [7, 11) is -2.33. The Labute approximate surface area is 186 Å². The Balaban J connectivity index is 1.44. The molecule has 0 aromatic heterocycles. The van der Waals surface area contributed by atoms with Gasteiger partial charge in [-0.05, 0) is 54.8 Å². The van der Waals surface area contributed by atoms with Gasteiger partial charge in [-0.3, -0.25) is 9.10 Å². The maximum Gasteiger partial charge on any atom is 0.265 e. The van der Waals surface area contributed by atoms with E-state index in [1.807, 2.05) is 24.3 Å². The van der Waals surface area contributed by atoms with Gasteiger partial charge in [-0.15, -0.1) is 0 Å². The van der Waals surface area contributed by atoms with Crippen LogP contribution >= 0.6 is 0 Å². The minimum atomic E-state index is -3.95. The molecule has 8 heteroatoms. The molecule has 1 aliphatic heterocycles. The van der Waals surface area contributed by atoms with Crippen molar-refractivity contribution in [2.75, 3.05) is 24.5 Å². The number of carbonyl (C=O) groups is 1. The number of ether oxygens (including phenoxy) is 1. The van der Waals surface area contributed by atoms with E-state index in [9.17, 15) is 17.6 Å². The monoisotopic (exact) mass is 454 g/mol. The number of halogens is 1. The normalized spacial score (nSPS) is 13.8. The fraction of sp³-hybridized carbons (Fsp3) is 0.208. The molecule has 0 saturated carbocycles. The van der Waals surface area contributed by atoms with Crippen LogP contribution < -0.4 is 14.4 Å². The van der Waals surface area contributed by atoms with Crippen molar-refractivity contribution in [1.29, 1.82) is 0 Å². The highest BCUT2D eigenvalue weighted by atomic mass is 32.2. The second kappa shape index (κ2) is 9.00. The number of amides is 1. The lowest BCUT2D eigenvalue weighted by atomic mass is 10.0. The number of methoxy groups -OCH3 is 1. The summed E-state index contributed by atoms with van der Waals surface area (Å²) in [6.07, 6.45) is 1.47.